The van der Waals surface area contributed by atoms with Crippen LogP contribution >= 0.6 is 0 Å². The summed E-state index contributed by atoms with van der Waals surface area (Å²) in [5.74, 6) is -0.121. The van der Waals surface area contributed by atoms with Gasteiger partial charge < -0.3 is 14.4 Å². The molecule has 1 aliphatic carbocycles. The summed E-state index contributed by atoms with van der Waals surface area (Å²) in [5.41, 5.74) is 1.20. The van der Waals surface area contributed by atoms with Crippen LogP contribution < -0.4 is 10.2 Å². The van der Waals surface area contributed by atoms with Gasteiger partial charge in [-0.15, -0.1) is 0 Å². The summed E-state index contributed by atoms with van der Waals surface area (Å²) in [6, 6.07) is 3.96. The van der Waals surface area contributed by atoms with Gasteiger partial charge in [0.05, 0.1) is 5.92 Å². The maximum atomic E-state index is 12.0. The first-order chi connectivity index (χ1) is 13.0. The zero-order valence-corrected chi connectivity index (χ0v) is 16.0. The number of hydrogen-bond acceptors (Lipinski definition) is 6. The van der Waals surface area contributed by atoms with E-state index in [4.69, 9.17) is 9.47 Å². The molecule has 3 fully saturated rings. The van der Waals surface area contributed by atoms with Gasteiger partial charge in [-0.25, -0.2) is 4.98 Å². The fourth-order valence-electron chi connectivity index (χ4n) is 4.83. The number of anilines is 1. The van der Waals surface area contributed by atoms with Crippen molar-refractivity contribution in [3.8, 4) is 0 Å². The highest BCUT2D eigenvalue weighted by atomic mass is 16.7. The highest BCUT2D eigenvalue weighted by molar-refractivity contribution is 6.00. The molecule has 1 saturated carbocycles. The number of carbonyl (C=O) groups is 2. The number of amides is 2. The van der Waals surface area contributed by atoms with Crippen molar-refractivity contribution in [1.82, 2.24) is 10.3 Å². The maximum absolute atomic E-state index is 12.0. The Bertz CT molecular complexity index is 711. The molecule has 0 radical (unpaired) electrons. The molecular weight excluding hydrogens is 346 g/mol. The van der Waals surface area contributed by atoms with Crippen LogP contribution in [0.2, 0.25) is 0 Å². The number of nitrogens with zero attached hydrogens (tertiary/aromatic N) is 2. The number of imide groups is 1. The van der Waals surface area contributed by atoms with E-state index in [9.17, 15) is 9.59 Å². The van der Waals surface area contributed by atoms with Gasteiger partial charge in [0, 0.05) is 52.8 Å². The van der Waals surface area contributed by atoms with E-state index < -0.39 is 0 Å². The average molecular weight is 373 g/mol. The number of rotatable bonds is 4. The highest BCUT2D eigenvalue weighted by Gasteiger charge is 2.56. The molecule has 3 aliphatic rings. The minimum Gasteiger partial charge on any atom is -0.357 e. The Kier molecular flexibility index (Phi) is 4.68. The van der Waals surface area contributed by atoms with Gasteiger partial charge in [-0.2, -0.15) is 0 Å². The zero-order valence-electron chi connectivity index (χ0n) is 16.0. The summed E-state index contributed by atoms with van der Waals surface area (Å²) in [6.45, 7) is 1.93. The predicted molar refractivity (Wildman–Crippen MR) is 99.2 cm³/mol. The molecule has 7 heteroatoms. The van der Waals surface area contributed by atoms with Crippen LogP contribution in [0.5, 0.6) is 0 Å². The van der Waals surface area contributed by atoms with Crippen molar-refractivity contribution in [1.29, 1.82) is 0 Å². The summed E-state index contributed by atoms with van der Waals surface area (Å²) in [7, 11) is 3.44. The molecule has 2 saturated heterocycles. The Morgan fingerprint density at radius 2 is 1.85 bits per heavy atom. The van der Waals surface area contributed by atoms with Crippen molar-refractivity contribution in [3.05, 3.63) is 23.9 Å². The molecule has 27 heavy (non-hydrogen) atoms. The van der Waals surface area contributed by atoms with E-state index in [1.165, 1.54) is 0 Å². The highest BCUT2D eigenvalue weighted by Crippen LogP contribution is 2.56. The number of piperidine rings is 2. The van der Waals surface area contributed by atoms with Crippen molar-refractivity contribution in [2.24, 2.45) is 5.41 Å². The smallest absolute Gasteiger partial charge is 0.234 e. The van der Waals surface area contributed by atoms with Crippen LogP contribution in [0.4, 0.5) is 5.82 Å². The minimum absolute atomic E-state index is 0.190. The van der Waals surface area contributed by atoms with Crippen LogP contribution in [0.25, 0.3) is 0 Å². The predicted octanol–water partition coefficient (Wildman–Crippen LogP) is 1.97. The molecular formula is C20H27N3O4. The lowest BCUT2D eigenvalue weighted by Gasteiger charge is -2.57. The zero-order chi connectivity index (χ0) is 19.1. The monoisotopic (exact) mass is 373 g/mol. The Labute approximate surface area is 159 Å². The van der Waals surface area contributed by atoms with E-state index in [1.807, 2.05) is 12.1 Å². The first kappa shape index (κ1) is 18.4. The topological polar surface area (TPSA) is 80.8 Å². The Hall–Kier alpha value is -1.99. The fourth-order valence-corrected chi connectivity index (χ4v) is 4.83. The summed E-state index contributed by atoms with van der Waals surface area (Å²) < 4.78 is 11.1. The Balaban J connectivity index is 1.36. The molecule has 0 aromatic carbocycles. The van der Waals surface area contributed by atoms with Gasteiger partial charge in [0.25, 0.3) is 0 Å². The lowest BCUT2D eigenvalue weighted by atomic mass is 9.59. The normalized spacial score (nSPS) is 26.6. The molecule has 2 amide bonds. The van der Waals surface area contributed by atoms with Crippen LogP contribution in [-0.4, -0.2) is 49.9 Å². The molecule has 1 unspecified atom stereocenters. The second-order valence-corrected chi connectivity index (χ2v) is 8.11. The summed E-state index contributed by atoms with van der Waals surface area (Å²) in [5, 5.41) is 2.41. The molecule has 1 aromatic rings. The van der Waals surface area contributed by atoms with Gasteiger partial charge in [0.1, 0.15) is 5.82 Å². The molecule has 0 bridgehead atoms. The van der Waals surface area contributed by atoms with E-state index in [2.05, 4.69) is 15.2 Å². The summed E-state index contributed by atoms with van der Waals surface area (Å²) in [4.78, 5) is 30.2. The number of ether oxygens (including phenoxy) is 2. The van der Waals surface area contributed by atoms with Gasteiger partial charge in [-0.05, 0) is 36.3 Å². The van der Waals surface area contributed by atoms with Crippen molar-refractivity contribution in [2.45, 2.75) is 50.2 Å². The lowest BCUT2D eigenvalue weighted by Crippen LogP contribution is -2.58. The van der Waals surface area contributed by atoms with Crippen molar-refractivity contribution < 1.29 is 19.1 Å². The second-order valence-electron chi connectivity index (χ2n) is 8.11. The molecule has 2 aliphatic heterocycles. The molecule has 1 spiro atoms. The molecule has 4 rings (SSSR count). The van der Waals surface area contributed by atoms with Gasteiger partial charge >= 0.3 is 0 Å². The van der Waals surface area contributed by atoms with E-state index in [0.29, 0.717) is 18.3 Å². The molecule has 146 valence electrons. The van der Waals surface area contributed by atoms with Crippen LogP contribution in [0.1, 0.15) is 50.0 Å². The number of hydrogen-bond donors (Lipinski definition) is 1. The fraction of sp³-hybridized carbons (Fsp3) is 0.650. The van der Waals surface area contributed by atoms with Crippen LogP contribution in [0, 0.1) is 5.41 Å². The quantitative estimate of drug-likeness (QED) is 0.642. The molecule has 3 heterocycles. The van der Waals surface area contributed by atoms with E-state index in [1.54, 1.807) is 20.4 Å². The first-order valence-corrected chi connectivity index (χ1v) is 9.63. The first-order valence-electron chi connectivity index (χ1n) is 9.63. The molecule has 1 atom stereocenters. The van der Waals surface area contributed by atoms with E-state index in [-0.39, 0.29) is 23.5 Å². The number of aromatic nitrogens is 1. The van der Waals surface area contributed by atoms with Crippen molar-refractivity contribution >= 4 is 17.6 Å². The van der Waals surface area contributed by atoms with Gasteiger partial charge in [-0.1, -0.05) is 6.07 Å². The van der Waals surface area contributed by atoms with Gasteiger partial charge in [0.2, 0.25) is 11.8 Å². The third-order valence-electron chi connectivity index (χ3n) is 6.59. The van der Waals surface area contributed by atoms with Crippen LogP contribution in [0.15, 0.2) is 18.3 Å². The number of carbonyl (C=O) groups excluding carboxylic acids is 2. The average Bonchev–Trinajstić information content (AvgIpc) is 2.66. The van der Waals surface area contributed by atoms with Gasteiger partial charge in [0.15, 0.2) is 5.79 Å². The molecule has 1 aromatic heterocycles. The van der Waals surface area contributed by atoms with E-state index in [0.717, 1.165) is 50.2 Å². The van der Waals surface area contributed by atoms with Crippen LogP contribution in [-0.2, 0) is 19.1 Å². The minimum atomic E-state index is -0.385. The van der Waals surface area contributed by atoms with E-state index >= 15 is 0 Å². The third kappa shape index (κ3) is 3.34. The van der Waals surface area contributed by atoms with Crippen molar-refractivity contribution in [2.75, 3.05) is 32.2 Å². The van der Waals surface area contributed by atoms with Crippen molar-refractivity contribution in [3.63, 3.8) is 0 Å². The summed E-state index contributed by atoms with van der Waals surface area (Å²) in [6.07, 6.45) is 6.86. The second kappa shape index (κ2) is 6.87. The molecule has 1 N–H and O–H groups in total. The summed E-state index contributed by atoms with van der Waals surface area (Å²) >= 11 is 0. The standard InChI is InChI=1S/C20H27N3O4/c1-26-20(27-2)12-19(13-20)7-9-23(10-8-19)16-5-3-14(11-21-16)15-4-6-17(24)22-18(15)25/h3,5,11,15H,4,6-10,12-13H2,1-2H3,(H,22,24,25). The lowest BCUT2D eigenvalue weighted by molar-refractivity contribution is -0.300. The van der Waals surface area contributed by atoms with Crippen LogP contribution in [0.3, 0.4) is 0 Å². The number of pyridine rings is 1. The Morgan fingerprint density at radius 1 is 1.15 bits per heavy atom. The number of methoxy groups -OCH3 is 2. The maximum Gasteiger partial charge on any atom is 0.234 e. The molecule has 7 nitrogen and oxygen atoms in total. The SMILES string of the molecule is COC1(OC)CC2(CCN(c3ccc(C4CCC(=O)NC4=O)cn3)CC2)C1. The third-order valence-corrected chi connectivity index (χ3v) is 6.59. The Morgan fingerprint density at radius 3 is 2.41 bits per heavy atom. The largest absolute Gasteiger partial charge is 0.357 e. The van der Waals surface area contributed by atoms with Gasteiger partial charge in [-0.3, -0.25) is 14.9 Å². The number of nitrogens with one attached hydrogen (secondary N) is 1.